The van der Waals surface area contributed by atoms with Crippen LogP contribution in [0, 0.1) is 23.7 Å². The van der Waals surface area contributed by atoms with Gasteiger partial charge in [-0.1, -0.05) is 32.0 Å². The number of rotatable bonds is 3. The van der Waals surface area contributed by atoms with Crippen molar-refractivity contribution in [2.45, 2.75) is 65.0 Å². The fraction of sp³-hybridized carbons (Fsp3) is 0.938. The second kappa shape index (κ2) is 5.67. The Bertz CT molecular complexity index is 353. The summed E-state index contributed by atoms with van der Waals surface area (Å²) in [5, 5.41) is 4.97. The Balaban J connectivity index is 1.58. The maximum Gasteiger partial charge on any atom is 0.157 e. The monoisotopic (exact) mass is 280 g/mol. The van der Waals surface area contributed by atoms with E-state index in [1.54, 1.807) is 0 Å². The molecule has 0 amide bonds. The van der Waals surface area contributed by atoms with E-state index in [1.807, 2.05) is 11.8 Å². The highest BCUT2D eigenvalue weighted by Crippen LogP contribution is 2.49. The van der Waals surface area contributed by atoms with E-state index >= 15 is 0 Å². The van der Waals surface area contributed by atoms with Crippen LogP contribution in [0.3, 0.4) is 0 Å². The standard InChI is InChI=1S/C16H28N2S/c1-10(2)15-6-7-19-16(18-15)17-11(3)14-9-12-4-5-13(14)8-12/h10-15H,4-9H2,1-3H3,(H,17,18). The van der Waals surface area contributed by atoms with E-state index in [1.165, 1.54) is 43.0 Å². The third kappa shape index (κ3) is 2.96. The molecule has 5 atom stereocenters. The molecule has 1 heterocycles. The number of aliphatic imine (C=N–C) groups is 1. The molecular formula is C16H28N2S. The third-order valence-corrected chi connectivity index (χ3v) is 6.43. The molecule has 0 saturated heterocycles. The van der Waals surface area contributed by atoms with Crippen molar-refractivity contribution in [1.29, 1.82) is 0 Å². The number of hydrogen-bond donors (Lipinski definition) is 1. The van der Waals surface area contributed by atoms with Crippen LogP contribution in [0.5, 0.6) is 0 Å². The van der Waals surface area contributed by atoms with Gasteiger partial charge in [0.25, 0.3) is 0 Å². The molecule has 0 aromatic carbocycles. The van der Waals surface area contributed by atoms with Crippen LogP contribution in [-0.4, -0.2) is 23.0 Å². The summed E-state index contributed by atoms with van der Waals surface area (Å²) in [6.07, 6.45) is 7.19. The number of nitrogens with one attached hydrogen (secondary N) is 1. The molecule has 3 rings (SSSR count). The number of thioether (sulfide) groups is 1. The largest absolute Gasteiger partial charge is 0.362 e. The van der Waals surface area contributed by atoms with Crippen molar-refractivity contribution >= 4 is 16.9 Å². The predicted molar refractivity (Wildman–Crippen MR) is 84.7 cm³/mol. The first-order valence-electron chi connectivity index (χ1n) is 8.10. The molecule has 1 aliphatic heterocycles. The molecule has 2 saturated carbocycles. The topological polar surface area (TPSA) is 24.4 Å². The highest BCUT2D eigenvalue weighted by molar-refractivity contribution is 8.13. The first-order chi connectivity index (χ1) is 9.13. The summed E-state index contributed by atoms with van der Waals surface area (Å²) in [5.41, 5.74) is 0. The Morgan fingerprint density at radius 3 is 2.63 bits per heavy atom. The Morgan fingerprint density at radius 2 is 2.00 bits per heavy atom. The van der Waals surface area contributed by atoms with E-state index in [-0.39, 0.29) is 0 Å². The summed E-state index contributed by atoms with van der Waals surface area (Å²) >= 11 is 1.93. The molecule has 3 aliphatic rings. The lowest BCUT2D eigenvalue weighted by Crippen LogP contribution is -2.40. The normalized spacial score (nSPS) is 39.5. The van der Waals surface area contributed by atoms with Crippen LogP contribution in [0.1, 0.15) is 52.9 Å². The molecule has 0 radical (unpaired) electrons. The molecule has 2 nitrogen and oxygen atoms in total. The average molecular weight is 280 g/mol. The summed E-state index contributed by atoms with van der Waals surface area (Å²) in [6.45, 7) is 6.97. The molecule has 19 heavy (non-hydrogen) atoms. The second-order valence-electron chi connectivity index (χ2n) is 7.15. The van der Waals surface area contributed by atoms with Gasteiger partial charge >= 0.3 is 0 Å². The van der Waals surface area contributed by atoms with Gasteiger partial charge in [-0.05, 0) is 56.3 Å². The van der Waals surface area contributed by atoms with Gasteiger partial charge in [0.05, 0.1) is 6.04 Å². The SMILES string of the molecule is CC(C)C1CCSC(NC(C)C2CC3CCC2C3)=N1. The first kappa shape index (κ1) is 13.8. The summed E-state index contributed by atoms with van der Waals surface area (Å²) in [5.74, 6) is 4.86. The summed E-state index contributed by atoms with van der Waals surface area (Å²) in [4.78, 5) is 4.92. The van der Waals surface area contributed by atoms with Crippen molar-refractivity contribution in [2.24, 2.45) is 28.7 Å². The van der Waals surface area contributed by atoms with Crippen molar-refractivity contribution < 1.29 is 0 Å². The molecule has 2 aliphatic carbocycles. The number of fused-ring (bicyclic) bond motifs is 2. The quantitative estimate of drug-likeness (QED) is 0.847. The Morgan fingerprint density at radius 1 is 1.16 bits per heavy atom. The molecule has 2 bridgehead atoms. The summed E-state index contributed by atoms with van der Waals surface area (Å²) in [6, 6.07) is 1.16. The minimum Gasteiger partial charge on any atom is -0.362 e. The van der Waals surface area contributed by atoms with Crippen LogP contribution in [0.4, 0.5) is 0 Å². The van der Waals surface area contributed by atoms with E-state index in [4.69, 9.17) is 4.99 Å². The average Bonchev–Trinajstić information content (AvgIpc) is 3.01. The molecule has 2 fully saturated rings. The van der Waals surface area contributed by atoms with E-state index in [2.05, 4.69) is 26.1 Å². The van der Waals surface area contributed by atoms with Gasteiger partial charge < -0.3 is 5.32 Å². The van der Waals surface area contributed by atoms with Crippen LogP contribution in [-0.2, 0) is 0 Å². The minimum absolute atomic E-state index is 0.538. The van der Waals surface area contributed by atoms with Gasteiger partial charge in [-0.25, -0.2) is 0 Å². The predicted octanol–water partition coefficient (Wildman–Crippen LogP) is 3.92. The van der Waals surface area contributed by atoms with Gasteiger partial charge in [-0.3, -0.25) is 4.99 Å². The molecule has 0 aromatic rings. The van der Waals surface area contributed by atoms with Gasteiger partial charge in [0.2, 0.25) is 0 Å². The van der Waals surface area contributed by atoms with Gasteiger partial charge in [-0.2, -0.15) is 0 Å². The Kier molecular flexibility index (Phi) is 4.11. The van der Waals surface area contributed by atoms with Crippen molar-refractivity contribution in [3.05, 3.63) is 0 Å². The van der Waals surface area contributed by atoms with E-state index in [9.17, 15) is 0 Å². The van der Waals surface area contributed by atoms with Crippen molar-refractivity contribution in [3.8, 4) is 0 Å². The van der Waals surface area contributed by atoms with Crippen LogP contribution in [0.25, 0.3) is 0 Å². The minimum atomic E-state index is 0.538. The number of hydrogen-bond acceptors (Lipinski definition) is 3. The Labute approximate surface area is 122 Å². The van der Waals surface area contributed by atoms with Crippen LogP contribution in [0.2, 0.25) is 0 Å². The zero-order chi connectivity index (χ0) is 13.4. The van der Waals surface area contributed by atoms with Crippen LogP contribution in [0.15, 0.2) is 4.99 Å². The highest BCUT2D eigenvalue weighted by atomic mass is 32.2. The molecule has 5 unspecified atom stereocenters. The Hall–Kier alpha value is -0.180. The van der Waals surface area contributed by atoms with Gasteiger partial charge in [0.15, 0.2) is 5.17 Å². The zero-order valence-corrected chi connectivity index (χ0v) is 13.4. The summed E-state index contributed by atoms with van der Waals surface area (Å²) < 4.78 is 0. The maximum absolute atomic E-state index is 4.92. The lowest BCUT2D eigenvalue weighted by molar-refractivity contribution is 0.279. The van der Waals surface area contributed by atoms with Crippen molar-refractivity contribution in [1.82, 2.24) is 5.32 Å². The smallest absolute Gasteiger partial charge is 0.157 e. The molecule has 3 heteroatoms. The molecule has 0 aromatic heterocycles. The van der Waals surface area contributed by atoms with Crippen LogP contribution < -0.4 is 5.32 Å². The van der Waals surface area contributed by atoms with Crippen molar-refractivity contribution in [2.75, 3.05) is 5.75 Å². The van der Waals surface area contributed by atoms with E-state index < -0.39 is 0 Å². The highest BCUT2D eigenvalue weighted by Gasteiger charge is 2.42. The van der Waals surface area contributed by atoms with E-state index in [0.717, 1.165) is 17.8 Å². The summed E-state index contributed by atoms with van der Waals surface area (Å²) in [7, 11) is 0. The second-order valence-corrected chi connectivity index (χ2v) is 8.24. The molecular weight excluding hydrogens is 252 g/mol. The fourth-order valence-corrected chi connectivity index (χ4v) is 5.33. The number of amidine groups is 1. The fourth-order valence-electron chi connectivity index (χ4n) is 4.30. The van der Waals surface area contributed by atoms with E-state index in [0.29, 0.717) is 18.0 Å². The van der Waals surface area contributed by atoms with Crippen LogP contribution >= 0.6 is 11.8 Å². The lowest BCUT2D eigenvalue weighted by Gasteiger charge is -2.31. The van der Waals surface area contributed by atoms with Gasteiger partial charge in [0.1, 0.15) is 0 Å². The molecule has 108 valence electrons. The first-order valence-corrected chi connectivity index (χ1v) is 9.09. The van der Waals surface area contributed by atoms with Gasteiger partial charge in [-0.15, -0.1) is 0 Å². The number of nitrogens with zero attached hydrogens (tertiary/aromatic N) is 1. The molecule has 0 spiro atoms. The third-order valence-electron chi connectivity index (χ3n) is 5.49. The molecule has 1 N–H and O–H groups in total. The zero-order valence-electron chi connectivity index (χ0n) is 12.6. The van der Waals surface area contributed by atoms with Gasteiger partial charge in [0, 0.05) is 11.8 Å². The lowest BCUT2D eigenvalue weighted by atomic mass is 9.84. The maximum atomic E-state index is 4.92. The van der Waals surface area contributed by atoms with Crippen molar-refractivity contribution in [3.63, 3.8) is 0 Å².